The van der Waals surface area contributed by atoms with Gasteiger partial charge in [0.15, 0.2) is 0 Å². The number of aromatic nitrogens is 2. The average Bonchev–Trinajstić information content (AvgIpc) is 3.29. The zero-order valence-electron chi connectivity index (χ0n) is 19.3. The van der Waals surface area contributed by atoms with E-state index in [1.54, 1.807) is 0 Å². The molecule has 1 aromatic rings. The number of carbonyl (C=O) groups is 6. The summed E-state index contributed by atoms with van der Waals surface area (Å²) >= 11 is 0. The van der Waals surface area contributed by atoms with E-state index in [2.05, 4.69) is 20.6 Å². The highest BCUT2D eigenvalue weighted by atomic mass is 16.4. The van der Waals surface area contributed by atoms with Crippen LogP contribution in [0.15, 0.2) is 12.5 Å². The first kappa shape index (κ1) is 30.0. The van der Waals surface area contributed by atoms with Crippen LogP contribution in [0.1, 0.15) is 37.8 Å². The summed E-state index contributed by atoms with van der Waals surface area (Å²) in [5.74, 6) is -7.35. The summed E-state index contributed by atoms with van der Waals surface area (Å²) in [6.07, 6.45) is 1.87. The van der Waals surface area contributed by atoms with Gasteiger partial charge >= 0.3 is 17.9 Å². The number of nitrogens with zero attached hydrogens (tertiary/aromatic N) is 1. The molecule has 4 atom stereocenters. The van der Waals surface area contributed by atoms with E-state index in [0.717, 1.165) is 0 Å². The van der Waals surface area contributed by atoms with Gasteiger partial charge in [0.1, 0.15) is 18.1 Å². The predicted octanol–water partition coefficient (Wildman–Crippen LogP) is -3.10. The second-order valence-electron chi connectivity index (χ2n) is 7.89. The third-order valence-electron chi connectivity index (χ3n) is 4.92. The molecular formula is C20H31N7O9. The minimum Gasteiger partial charge on any atom is -0.481 e. The van der Waals surface area contributed by atoms with Gasteiger partial charge in [-0.15, -0.1) is 0 Å². The van der Waals surface area contributed by atoms with Crippen LogP contribution in [0.3, 0.4) is 0 Å². The molecule has 0 spiro atoms. The highest BCUT2D eigenvalue weighted by Crippen LogP contribution is 2.05. The van der Waals surface area contributed by atoms with Crippen LogP contribution in [0.25, 0.3) is 0 Å². The van der Waals surface area contributed by atoms with Gasteiger partial charge in [-0.3, -0.25) is 24.0 Å². The van der Waals surface area contributed by atoms with Crippen molar-refractivity contribution in [2.45, 2.75) is 62.7 Å². The Morgan fingerprint density at radius 2 is 1.42 bits per heavy atom. The van der Waals surface area contributed by atoms with Crippen LogP contribution in [0.5, 0.6) is 0 Å². The number of carboxylic acid groups (broad SMARTS) is 3. The number of rotatable bonds is 17. The van der Waals surface area contributed by atoms with Crippen LogP contribution < -0.4 is 27.4 Å². The van der Waals surface area contributed by atoms with E-state index in [4.69, 9.17) is 21.7 Å². The summed E-state index contributed by atoms with van der Waals surface area (Å²) in [5, 5.41) is 33.8. The quantitative estimate of drug-likeness (QED) is 0.0936. The van der Waals surface area contributed by atoms with Crippen molar-refractivity contribution in [3.63, 3.8) is 0 Å². The fourth-order valence-corrected chi connectivity index (χ4v) is 3.07. The van der Waals surface area contributed by atoms with Crippen LogP contribution >= 0.6 is 0 Å². The lowest BCUT2D eigenvalue weighted by molar-refractivity contribution is -0.147. The number of H-pyrrole nitrogens is 1. The number of unbranched alkanes of at least 4 members (excludes halogenated alkanes) is 1. The van der Waals surface area contributed by atoms with Gasteiger partial charge < -0.3 is 47.7 Å². The number of hydrogen-bond donors (Lipinski definition) is 9. The number of hydrogen-bond acceptors (Lipinski definition) is 9. The highest BCUT2D eigenvalue weighted by Gasteiger charge is 2.32. The van der Waals surface area contributed by atoms with E-state index in [1.807, 2.05) is 5.32 Å². The van der Waals surface area contributed by atoms with Gasteiger partial charge in [-0.1, -0.05) is 0 Å². The van der Waals surface area contributed by atoms with E-state index in [-0.39, 0.29) is 19.4 Å². The molecule has 0 fully saturated rings. The Morgan fingerprint density at radius 1 is 0.861 bits per heavy atom. The van der Waals surface area contributed by atoms with Gasteiger partial charge in [-0.25, -0.2) is 9.78 Å². The molecule has 200 valence electrons. The third-order valence-corrected chi connectivity index (χ3v) is 4.92. The zero-order valence-corrected chi connectivity index (χ0v) is 19.3. The Hall–Kier alpha value is -4.05. The van der Waals surface area contributed by atoms with Crippen LogP contribution in [0, 0.1) is 0 Å². The topological polar surface area (TPSA) is 280 Å². The average molecular weight is 514 g/mol. The molecule has 36 heavy (non-hydrogen) atoms. The molecule has 0 aliphatic rings. The van der Waals surface area contributed by atoms with E-state index >= 15 is 0 Å². The molecule has 0 radical (unpaired) electrons. The first-order valence-corrected chi connectivity index (χ1v) is 10.9. The molecule has 16 heteroatoms. The first-order chi connectivity index (χ1) is 16.9. The summed E-state index contributed by atoms with van der Waals surface area (Å²) < 4.78 is 0. The van der Waals surface area contributed by atoms with Crippen molar-refractivity contribution in [3.05, 3.63) is 18.2 Å². The van der Waals surface area contributed by atoms with Gasteiger partial charge in [0.05, 0.1) is 25.2 Å². The van der Waals surface area contributed by atoms with Gasteiger partial charge in [0.25, 0.3) is 0 Å². The van der Waals surface area contributed by atoms with Crippen LogP contribution in [-0.4, -0.2) is 91.6 Å². The lowest BCUT2D eigenvalue weighted by atomic mass is 10.1. The maximum absolute atomic E-state index is 12.8. The molecule has 0 aliphatic carbocycles. The van der Waals surface area contributed by atoms with Crippen LogP contribution in [-0.2, 0) is 35.2 Å². The Morgan fingerprint density at radius 3 is 1.94 bits per heavy atom. The van der Waals surface area contributed by atoms with Gasteiger partial charge in [-0.2, -0.15) is 0 Å². The third kappa shape index (κ3) is 10.9. The molecule has 0 aliphatic heterocycles. The van der Waals surface area contributed by atoms with Crippen molar-refractivity contribution in [2.24, 2.45) is 11.5 Å². The zero-order chi connectivity index (χ0) is 27.3. The molecule has 0 aromatic carbocycles. The fourth-order valence-electron chi connectivity index (χ4n) is 3.07. The van der Waals surface area contributed by atoms with Crippen molar-refractivity contribution in [1.29, 1.82) is 0 Å². The number of carboxylic acids is 3. The van der Waals surface area contributed by atoms with Crippen molar-refractivity contribution >= 4 is 35.6 Å². The second kappa shape index (κ2) is 15.0. The van der Waals surface area contributed by atoms with Gasteiger partial charge in [-0.05, 0) is 25.8 Å². The number of imidazole rings is 1. The first-order valence-electron chi connectivity index (χ1n) is 10.9. The minimum absolute atomic E-state index is 0.0126. The minimum atomic E-state index is -1.76. The largest absolute Gasteiger partial charge is 0.481 e. The lowest BCUT2D eigenvalue weighted by Gasteiger charge is -2.24. The summed E-state index contributed by atoms with van der Waals surface area (Å²) in [6, 6.07) is -5.88. The SMILES string of the molecule is NCCCCC(NC(=O)C(CC(=O)O)NC(=O)C(N)Cc1cnc[nH]1)C(=O)NC(CC(=O)O)C(=O)O. The molecule has 1 aromatic heterocycles. The van der Waals surface area contributed by atoms with Gasteiger partial charge in [0.2, 0.25) is 17.7 Å². The normalized spacial score (nSPS) is 14.1. The van der Waals surface area contributed by atoms with Crippen LogP contribution in [0.4, 0.5) is 0 Å². The van der Waals surface area contributed by atoms with E-state index in [9.17, 15) is 33.9 Å². The fraction of sp³-hybridized carbons (Fsp3) is 0.550. The van der Waals surface area contributed by atoms with Crippen molar-refractivity contribution in [1.82, 2.24) is 25.9 Å². The number of amides is 3. The number of carbonyl (C=O) groups excluding carboxylic acids is 3. The smallest absolute Gasteiger partial charge is 0.326 e. The number of nitrogens with one attached hydrogen (secondary N) is 4. The Bertz CT molecular complexity index is 923. The van der Waals surface area contributed by atoms with Crippen LogP contribution in [0.2, 0.25) is 0 Å². The monoisotopic (exact) mass is 513 g/mol. The summed E-state index contributed by atoms with van der Waals surface area (Å²) in [4.78, 5) is 78.0. The molecule has 3 amide bonds. The number of nitrogens with two attached hydrogens (primary N) is 2. The Balaban J connectivity index is 2.96. The Labute approximate surface area is 205 Å². The number of aliphatic carboxylic acids is 3. The molecule has 0 saturated carbocycles. The van der Waals surface area contributed by atoms with E-state index in [0.29, 0.717) is 18.5 Å². The molecule has 0 bridgehead atoms. The number of aromatic amines is 1. The summed E-state index contributed by atoms with van der Waals surface area (Å²) in [6.45, 7) is 0.269. The maximum Gasteiger partial charge on any atom is 0.326 e. The standard InChI is InChI=1S/C20H31N7O9/c21-4-2-1-3-12(18(33)27-14(20(35)36)7-16(30)31)25-19(34)13(6-15(28)29)26-17(32)11(22)5-10-8-23-9-24-10/h8-9,11-14H,1-7,21-22H2,(H,23,24)(H,25,34)(H,26,32)(H,27,33)(H,28,29)(H,30,31)(H,35,36). The molecule has 0 saturated heterocycles. The van der Waals surface area contributed by atoms with Gasteiger partial charge in [0, 0.05) is 18.3 Å². The Kier molecular flexibility index (Phi) is 12.5. The molecule has 16 nitrogen and oxygen atoms in total. The highest BCUT2D eigenvalue weighted by molar-refractivity contribution is 5.96. The van der Waals surface area contributed by atoms with Crippen molar-refractivity contribution in [3.8, 4) is 0 Å². The maximum atomic E-state index is 12.8. The molecule has 4 unspecified atom stereocenters. The molecule has 11 N–H and O–H groups in total. The van der Waals surface area contributed by atoms with E-state index < -0.39 is 72.6 Å². The second-order valence-corrected chi connectivity index (χ2v) is 7.89. The lowest BCUT2D eigenvalue weighted by Crippen LogP contribution is -2.57. The molecule has 1 heterocycles. The predicted molar refractivity (Wildman–Crippen MR) is 121 cm³/mol. The van der Waals surface area contributed by atoms with Crippen molar-refractivity contribution < 1.29 is 44.1 Å². The molecule has 1 rings (SSSR count). The van der Waals surface area contributed by atoms with E-state index in [1.165, 1.54) is 12.5 Å². The van der Waals surface area contributed by atoms with Crippen molar-refractivity contribution in [2.75, 3.05) is 6.54 Å². The summed E-state index contributed by atoms with van der Waals surface area (Å²) in [7, 11) is 0. The summed E-state index contributed by atoms with van der Waals surface area (Å²) in [5.41, 5.74) is 11.8. The molecular weight excluding hydrogens is 482 g/mol.